The molecule has 1 saturated carbocycles. The van der Waals surface area contributed by atoms with Crippen molar-refractivity contribution in [2.75, 3.05) is 53.0 Å². The minimum Gasteiger partial charge on any atom is -0.381 e. The molecule has 7 heteroatoms. The zero-order valence-electron chi connectivity index (χ0n) is 18.1. The molecule has 0 radical (unpaired) electrons. The highest BCUT2D eigenvalue weighted by atomic mass is 16.5. The lowest BCUT2D eigenvalue weighted by Crippen LogP contribution is -2.59. The quantitative estimate of drug-likeness (QED) is 0.537. The Morgan fingerprint density at radius 1 is 1.07 bits per heavy atom. The van der Waals surface area contributed by atoms with E-state index in [4.69, 9.17) is 4.74 Å². The largest absolute Gasteiger partial charge is 0.381 e. The van der Waals surface area contributed by atoms with Crippen LogP contribution in [0.5, 0.6) is 0 Å². The monoisotopic (exact) mass is 405 g/mol. The van der Waals surface area contributed by atoms with Crippen molar-refractivity contribution in [2.24, 2.45) is 10.9 Å². The SMILES string of the molecule is CN=C(NCC1(N2CCCC2)CCOCC1)NC1CCN(C(=O)C2CCCC2)C1. The molecule has 4 aliphatic rings. The molecular weight excluding hydrogens is 366 g/mol. The molecule has 4 rings (SSSR count). The first kappa shape index (κ1) is 20.9. The van der Waals surface area contributed by atoms with Crippen LogP contribution in [-0.2, 0) is 9.53 Å². The van der Waals surface area contributed by atoms with Gasteiger partial charge in [0.1, 0.15) is 0 Å². The maximum atomic E-state index is 12.7. The van der Waals surface area contributed by atoms with Gasteiger partial charge in [-0.15, -0.1) is 0 Å². The first-order valence-electron chi connectivity index (χ1n) is 11.8. The fourth-order valence-electron chi connectivity index (χ4n) is 5.69. The van der Waals surface area contributed by atoms with Gasteiger partial charge >= 0.3 is 0 Å². The molecule has 1 amide bonds. The van der Waals surface area contributed by atoms with Crippen molar-refractivity contribution in [3.63, 3.8) is 0 Å². The Morgan fingerprint density at radius 2 is 1.79 bits per heavy atom. The van der Waals surface area contributed by atoms with Gasteiger partial charge in [0, 0.05) is 57.4 Å². The van der Waals surface area contributed by atoms with Crippen molar-refractivity contribution in [2.45, 2.75) is 69.4 Å². The molecular formula is C22H39N5O2. The maximum Gasteiger partial charge on any atom is 0.225 e. The van der Waals surface area contributed by atoms with Crippen LogP contribution in [0.25, 0.3) is 0 Å². The minimum atomic E-state index is 0.187. The smallest absolute Gasteiger partial charge is 0.225 e. The second-order valence-corrected chi connectivity index (χ2v) is 9.35. The van der Waals surface area contributed by atoms with Crippen LogP contribution < -0.4 is 10.6 Å². The number of nitrogens with zero attached hydrogens (tertiary/aromatic N) is 3. The van der Waals surface area contributed by atoms with Gasteiger partial charge in [-0.1, -0.05) is 12.8 Å². The molecule has 3 aliphatic heterocycles. The summed E-state index contributed by atoms with van der Waals surface area (Å²) in [5.41, 5.74) is 0.187. The highest BCUT2D eigenvalue weighted by Gasteiger charge is 2.40. The number of nitrogens with one attached hydrogen (secondary N) is 2. The highest BCUT2D eigenvalue weighted by Crippen LogP contribution is 2.31. The average Bonchev–Trinajstić information content (AvgIpc) is 3.53. The summed E-state index contributed by atoms with van der Waals surface area (Å²) in [6, 6.07) is 0.295. The molecule has 7 nitrogen and oxygen atoms in total. The number of amides is 1. The van der Waals surface area contributed by atoms with E-state index in [1.54, 1.807) is 0 Å². The highest BCUT2D eigenvalue weighted by molar-refractivity contribution is 5.81. The van der Waals surface area contributed by atoms with Gasteiger partial charge in [0.05, 0.1) is 0 Å². The van der Waals surface area contributed by atoms with Gasteiger partial charge in [0.2, 0.25) is 5.91 Å². The van der Waals surface area contributed by atoms with Crippen LogP contribution in [0, 0.1) is 5.92 Å². The van der Waals surface area contributed by atoms with Gasteiger partial charge in [0.15, 0.2) is 5.96 Å². The zero-order chi connectivity index (χ0) is 20.1. The second kappa shape index (κ2) is 9.65. The number of guanidine groups is 1. The Morgan fingerprint density at radius 3 is 2.48 bits per heavy atom. The Kier molecular flexibility index (Phi) is 6.96. The van der Waals surface area contributed by atoms with Crippen LogP contribution in [0.1, 0.15) is 57.8 Å². The number of aliphatic imine (C=N–C) groups is 1. The van der Waals surface area contributed by atoms with E-state index in [9.17, 15) is 4.79 Å². The first-order valence-corrected chi connectivity index (χ1v) is 11.8. The van der Waals surface area contributed by atoms with Crippen LogP contribution in [0.3, 0.4) is 0 Å². The van der Waals surface area contributed by atoms with Crippen LogP contribution >= 0.6 is 0 Å². The Labute approximate surface area is 175 Å². The number of rotatable bonds is 5. The van der Waals surface area contributed by atoms with Gasteiger partial charge in [-0.3, -0.25) is 14.7 Å². The number of hydrogen-bond acceptors (Lipinski definition) is 4. The molecule has 3 heterocycles. The lowest BCUT2D eigenvalue weighted by atomic mass is 9.88. The van der Waals surface area contributed by atoms with E-state index >= 15 is 0 Å². The van der Waals surface area contributed by atoms with Crippen molar-refractivity contribution < 1.29 is 9.53 Å². The molecule has 1 atom stereocenters. The third-order valence-electron chi connectivity index (χ3n) is 7.55. The topological polar surface area (TPSA) is 69.2 Å². The third kappa shape index (κ3) is 4.88. The van der Waals surface area contributed by atoms with Gasteiger partial charge in [-0.25, -0.2) is 0 Å². The molecule has 164 valence electrons. The summed E-state index contributed by atoms with van der Waals surface area (Å²) in [7, 11) is 1.85. The summed E-state index contributed by atoms with van der Waals surface area (Å²) in [5.74, 6) is 1.53. The van der Waals surface area contributed by atoms with Gasteiger partial charge in [0.25, 0.3) is 0 Å². The van der Waals surface area contributed by atoms with E-state index in [1.807, 2.05) is 7.05 Å². The predicted octanol–water partition coefficient (Wildman–Crippen LogP) is 1.59. The third-order valence-corrected chi connectivity index (χ3v) is 7.55. The number of carbonyl (C=O) groups excluding carboxylic acids is 1. The summed E-state index contributed by atoms with van der Waals surface area (Å²) >= 11 is 0. The minimum absolute atomic E-state index is 0.187. The lowest BCUT2D eigenvalue weighted by molar-refractivity contribution is -0.134. The van der Waals surface area contributed by atoms with E-state index in [0.29, 0.717) is 11.9 Å². The summed E-state index contributed by atoms with van der Waals surface area (Å²) < 4.78 is 5.66. The van der Waals surface area contributed by atoms with E-state index < -0.39 is 0 Å². The molecule has 1 unspecified atom stereocenters. The van der Waals surface area contributed by atoms with Crippen LogP contribution in [0.4, 0.5) is 0 Å². The van der Waals surface area contributed by atoms with E-state index in [2.05, 4.69) is 25.4 Å². The predicted molar refractivity (Wildman–Crippen MR) is 115 cm³/mol. The van der Waals surface area contributed by atoms with Gasteiger partial charge in [-0.2, -0.15) is 0 Å². The molecule has 0 aromatic rings. The fourth-order valence-corrected chi connectivity index (χ4v) is 5.69. The normalized spacial score (nSPS) is 28.8. The van der Waals surface area contributed by atoms with Gasteiger partial charge in [-0.05, 0) is 58.0 Å². The number of carbonyl (C=O) groups is 1. The van der Waals surface area contributed by atoms with E-state index in [0.717, 1.165) is 70.9 Å². The van der Waals surface area contributed by atoms with E-state index in [1.165, 1.54) is 38.8 Å². The fraction of sp³-hybridized carbons (Fsp3) is 0.909. The Balaban J connectivity index is 1.28. The van der Waals surface area contributed by atoms with Crippen molar-refractivity contribution in [1.82, 2.24) is 20.4 Å². The molecule has 0 spiro atoms. The Hall–Kier alpha value is -1.34. The van der Waals surface area contributed by atoms with Crippen molar-refractivity contribution >= 4 is 11.9 Å². The van der Waals surface area contributed by atoms with Crippen LogP contribution in [-0.4, -0.2) is 86.2 Å². The summed E-state index contributed by atoms with van der Waals surface area (Å²) in [6.45, 7) is 6.70. The maximum absolute atomic E-state index is 12.7. The molecule has 0 bridgehead atoms. The molecule has 2 N–H and O–H groups in total. The van der Waals surface area contributed by atoms with E-state index in [-0.39, 0.29) is 11.5 Å². The molecule has 0 aromatic carbocycles. The van der Waals surface area contributed by atoms with Crippen molar-refractivity contribution in [3.8, 4) is 0 Å². The zero-order valence-corrected chi connectivity index (χ0v) is 18.1. The van der Waals surface area contributed by atoms with Crippen LogP contribution in [0.15, 0.2) is 4.99 Å². The number of likely N-dealkylation sites (tertiary alicyclic amines) is 2. The summed E-state index contributed by atoms with van der Waals surface area (Å²) in [6.07, 6.45) is 10.4. The second-order valence-electron chi connectivity index (χ2n) is 9.35. The first-order chi connectivity index (χ1) is 14.2. The summed E-state index contributed by atoms with van der Waals surface area (Å²) in [5, 5.41) is 7.20. The molecule has 29 heavy (non-hydrogen) atoms. The van der Waals surface area contributed by atoms with Crippen molar-refractivity contribution in [1.29, 1.82) is 0 Å². The van der Waals surface area contributed by atoms with Crippen molar-refractivity contribution in [3.05, 3.63) is 0 Å². The average molecular weight is 406 g/mol. The number of ether oxygens (including phenoxy) is 1. The lowest BCUT2D eigenvalue weighted by Gasteiger charge is -2.45. The van der Waals surface area contributed by atoms with Crippen LogP contribution in [0.2, 0.25) is 0 Å². The molecule has 3 saturated heterocycles. The summed E-state index contributed by atoms with van der Waals surface area (Å²) in [4.78, 5) is 21.9. The molecule has 0 aromatic heterocycles. The van der Waals surface area contributed by atoms with Gasteiger partial charge < -0.3 is 20.3 Å². The number of hydrogen-bond donors (Lipinski definition) is 2. The standard InChI is InChI=1S/C22H39N5O2/c1-23-21(24-17-22(9-14-29-15-10-22)27-11-4-5-12-27)25-19-8-13-26(16-19)20(28)18-6-2-3-7-18/h18-19H,2-17H2,1H3,(H2,23,24,25). The molecule has 4 fully saturated rings. The Bertz CT molecular complexity index is 578. The molecule has 1 aliphatic carbocycles.